The van der Waals surface area contributed by atoms with Crippen molar-refractivity contribution in [3.63, 3.8) is 0 Å². The molecule has 1 saturated heterocycles. The van der Waals surface area contributed by atoms with E-state index in [1.165, 1.54) is 25.7 Å². The number of carbonyl (C=O) groups excluding carboxylic acids is 1. The Labute approximate surface area is 126 Å². The number of carbonyl (C=O) groups is 1. The van der Waals surface area contributed by atoms with Crippen LogP contribution in [0.4, 0.5) is 5.69 Å². The lowest BCUT2D eigenvalue weighted by atomic mass is 10.2. The molecule has 114 valence electrons. The van der Waals surface area contributed by atoms with Gasteiger partial charge in [0.15, 0.2) is 0 Å². The smallest absolute Gasteiger partial charge is 0.225 e. The summed E-state index contributed by atoms with van der Waals surface area (Å²) in [5, 5.41) is 6.52. The molecule has 3 rings (SSSR count). The molecule has 21 heavy (non-hydrogen) atoms. The summed E-state index contributed by atoms with van der Waals surface area (Å²) in [6.45, 7) is 3.13. The molecule has 4 nitrogen and oxygen atoms in total. The molecule has 1 atom stereocenters. The number of nitrogens with one attached hydrogen (secondary N) is 2. The SMILES string of the molecule is O=C(CCN(CC1CCCN1)C1CC1)Nc1ccccc1. The van der Waals surface area contributed by atoms with Gasteiger partial charge in [0.05, 0.1) is 0 Å². The van der Waals surface area contributed by atoms with Crippen LogP contribution in [0.1, 0.15) is 32.1 Å². The van der Waals surface area contributed by atoms with E-state index in [-0.39, 0.29) is 5.91 Å². The van der Waals surface area contributed by atoms with Crippen LogP contribution in [0.2, 0.25) is 0 Å². The molecule has 2 N–H and O–H groups in total. The predicted octanol–water partition coefficient (Wildman–Crippen LogP) is 2.23. The summed E-state index contributed by atoms with van der Waals surface area (Å²) in [6.07, 6.45) is 5.75. The Bertz CT molecular complexity index is 452. The number of hydrogen-bond donors (Lipinski definition) is 2. The molecular weight excluding hydrogens is 262 g/mol. The van der Waals surface area contributed by atoms with E-state index in [0.717, 1.165) is 31.4 Å². The van der Waals surface area contributed by atoms with Crippen molar-refractivity contribution in [3.8, 4) is 0 Å². The van der Waals surface area contributed by atoms with Crippen LogP contribution in [-0.2, 0) is 4.79 Å². The van der Waals surface area contributed by atoms with Gasteiger partial charge in [0, 0.05) is 37.3 Å². The Morgan fingerprint density at radius 3 is 2.71 bits per heavy atom. The Morgan fingerprint density at radius 1 is 1.24 bits per heavy atom. The Kier molecular flexibility index (Phi) is 4.88. The maximum atomic E-state index is 12.0. The van der Waals surface area contributed by atoms with Crippen molar-refractivity contribution in [3.05, 3.63) is 30.3 Å². The van der Waals surface area contributed by atoms with Crippen molar-refractivity contribution in [1.82, 2.24) is 10.2 Å². The molecule has 0 spiro atoms. The van der Waals surface area contributed by atoms with E-state index in [1.807, 2.05) is 30.3 Å². The highest BCUT2D eigenvalue weighted by molar-refractivity contribution is 5.90. The van der Waals surface area contributed by atoms with Crippen molar-refractivity contribution in [2.45, 2.75) is 44.2 Å². The number of rotatable bonds is 7. The Morgan fingerprint density at radius 2 is 2.05 bits per heavy atom. The van der Waals surface area contributed by atoms with Crippen LogP contribution in [0.5, 0.6) is 0 Å². The first-order chi connectivity index (χ1) is 10.3. The largest absolute Gasteiger partial charge is 0.326 e. The summed E-state index contributed by atoms with van der Waals surface area (Å²) < 4.78 is 0. The molecule has 1 aromatic rings. The van der Waals surface area contributed by atoms with E-state index in [1.54, 1.807) is 0 Å². The van der Waals surface area contributed by atoms with Crippen LogP contribution in [0, 0.1) is 0 Å². The van der Waals surface area contributed by atoms with Gasteiger partial charge < -0.3 is 10.6 Å². The topological polar surface area (TPSA) is 44.4 Å². The average molecular weight is 287 g/mol. The first-order valence-electron chi connectivity index (χ1n) is 8.13. The Hall–Kier alpha value is -1.39. The van der Waals surface area contributed by atoms with Gasteiger partial charge in [-0.2, -0.15) is 0 Å². The molecule has 1 heterocycles. The first kappa shape index (κ1) is 14.5. The quantitative estimate of drug-likeness (QED) is 0.808. The number of nitrogens with zero attached hydrogens (tertiary/aromatic N) is 1. The third-order valence-corrected chi connectivity index (χ3v) is 4.36. The van der Waals surface area contributed by atoms with E-state index in [2.05, 4.69) is 15.5 Å². The lowest BCUT2D eigenvalue weighted by molar-refractivity contribution is -0.116. The van der Waals surface area contributed by atoms with Crippen LogP contribution >= 0.6 is 0 Å². The number of amides is 1. The van der Waals surface area contributed by atoms with E-state index in [9.17, 15) is 4.79 Å². The second-order valence-electron chi connectivity index (χ2n) is 6.18. The van der Waals surface area contributed by atoms with Gasteiger partial charge in [-0.3, -0.25) is 9.69 Å². The van der Waals surface area contributed by atoms with Gasteiger partial charge >= 0.3 is 0 Å². The molecule has 1 aromatic carbocycles. The van der Waals surface area contributed by atoms with Crippen LogP contribution < -0.4 is 10.6 Å². The molecule has 1 saturated carbocycles. The second kappa shape index (κ2) is 7.05. The number of anilines is 1. The summed E-state index contributed by atoms with van der Waals surface area (Å²) in [7, 11) is 0. The van der Waals surface area contributed by atoms with Crippen molar-refractivity contribution in [2.75, 3.05) is 25.0 Å². The van der Waals surface area contributed by atoms with Crippen molar-refractivity contribution in [2.24, 2.45) is 0 Å². The highest BCUT2D eigenvalue weighted by Gasteiger charge is 2.31. The molecular formula is C17H25N3O. The van der Waals surface area contributed by atoms with E-state index < -0.39 is 0 Å². The standard InChI is InChI=1S/C17H25N3O/c21-17(19-14-5-2-1-3-6-14)10-12-20(16-8-9-16)13-15-7-4-11-18-15/h1-3,5-6,15-16,18H,4,7-13H2,(H,19,21). The van der Waals surface area contributed by atoms with Gasteiger partial charge in [-0.1, -0.05) is 18.2 Å². The fourth-order valence-electron chi connectivity index (χ4n) is 3.05. The highest BCUT2D eigenvalue weighted by Crippen LogP contribution is 2.27. The molecule has 2 aliphatic rings. The summed E-state index contributed by atoms with van der Waals surface area (Å²) in [5.74, 6) is 0.117. The second-order valence-corrected chi connectivity index (χ2v) is 6.18. The molecule has 0 radical (unpaired) electrons. The number of hydrogen-bond acceptors (Lipinski definition) is 3. The van der Waals surface area contributed by atoms with Crippen LogP contribution in [0.15, 0.2) is 30.3 Å². The molecule has 2 fully saturated rings. The third-order valence-electron chi connectivity index (χ3n) is 4.36. The molecule has 1 unspecified atom stereocenters. The zero-order valence-electron chi connectivity index (χ0n) is 12.6. The lowest BCUT2D eigenvalue weighted by Crippen LogP contribution is -2.40. The van der Waals surface area contributed by atoms with E-state index in [0.29, 0.717) is 12.5 Å². The predicted molar refractivity (Wildman–Crippen MR) is 85.3 cm³/mol. The van der Waals surface area contributed by atoms with Crippen LogP contribution in [0.3, 0.4) is 0 Å². The minimum absolute atomic E-state index is 0.117. The fourth-order valence-corrected chi connectivity index (χ4v) is 3.05. The summed E-state index contributed by atoms with van der Waals surface area (Å²) in [5.41, 5.74) is 0.887. The van der Waals surface area contributed by atoms with Crippen LogP contribution in [-0.4, -0.2) is 42.5 Å². The average Bonchev–Trinajstić information content (AvgIpc) is 3.22. The lowest BCUT2D eigenvalue weighted by Gasteiger charge is -2.25. The minimum atomic E-state index is 0.117. The molecule has 0 bridgehead atoms. The van der Waals surface area contributed by atoms with E-state index >= 15 is 0 Å². The molecule has 1 amide bonds. The normalized spacial score (nSPS) is 21.7. The van der Waals surface area contributed by atoms with Crippen LogP contribution in [0.25, 0.3) is 0 Å². The maximum Gasteiger partial charge on any atom is 0.225 e. The maximum absolute atomic E-state index is 12.0. The zero-order valence-corrected chi connectivity index (χ0v) is 12.6. The number of benzene rings is 1. The van der Waals surface area contributed by atoms with Crippen molar-refractivity contribution < 1.29 is 4.79 Å². The van der Waals surface area contributed by atoms with Gasteiger partial charge in [0.25, 0.3) is 0 Å². The summed E-state index contributed by atoms with van der Waals surface area (Å²) >= 11 is 0. The highest BCUT2D eigenvalue weighted by atomic mass is 16.1. The minimum Gasteiger partial charge on any atom is -0.326 e. The monoisotopic (exact) mass is 287 g/mol. The van der Waals surface area contributed by atoms with E-state index in [4.69, 9.17) is 0 Å². The van der Waals surface area contributed by atoms with Gasteiger partial charge in [-0.05, 0) is 44.4 Å². The van der Waals surface area contributed by atoms with Gasteiger partial charge in [-0.25, -0.2) is 0 Å². The first-order valence-corrected chi connectivity index (χ1v) is 8.13. The Balaban J connectivity index is 1.44. The van der Waals surface area contributed by atoms with Crippen molar-refractivity contribution >= 4 is 11.6 Å². The summed E-state index contributed by atoms with van der Waals surface area (Å²) in [4.78, 5) is 14.6. The molecule has 1 aliphatic heterocycles. The number of para-hydroxylation sites is 1. The molecule has 0 aromatic heterocycles. The van der Waals surface area contributed by atoms with Gasteiger partial charge in [0.2, 0.25) is 5.91 Å². The van der Waals surface area contributed by atoms with Crippen molar-refractivity contribution in [1.29, 1.82) is 0 Å². The molecule has 4 heteroatoms. The fraction of sp³-hybridized carbons (Fsp3) is 0.588. The third kappa shape index (κ3) is 4.55. The zero-order chi connectivity index (χ0) is 14.5. The van der Waals surface area contributed by atoms with Gasteiger partial charge in [0.1, 0.15) is 0 Å². The molecule has 1 aliphatic carbocycles. The summed E-state index contributed by atoms with van der Waals surface area (Å²) in [6, 6.07) is 11.0. The van der Waals surface area contributed by atoms with Gasteiger partial charge in [-0.15, -0.1) is 0 Å².